The van der Waals surface area contributed by atoms with Gasteiger partial charge in [0.25, 0.3) is 5.56 Å². The zero-order valence-corrected chi connectivity index (χ0v) is 15.4. The van der Waals surface area contributed by atoms with Gasteiger partial charge in [0.15, 0.2) is 0 Å². The molecule has 3 aromatic rings. The molecule has 1 aliphatic rings. The van der Waals surface area contributed by atoms with Crippen LogP contribution in [0, 0.1) is 6.92 Å². The first-order chi connectivity index (χ1) is 12.2. The van der Waals surface area contributed by atoms with Crippen LogP contribution in [0.4, 0.5) is 0 Å². The zero-order chi connectivity index (χ0) is 17.4. The Hall–Kier alpha value is -2.05. The molecule has 6 heteroatoms. The summed E-state index contributed by atoms with van der Waals surface area (Å²) in [5.74, 6) is 0. The molecular formula is C19H21N3O2S. The SMILES string of the molecule is CCOCn1cnc2c(-c3nc4c(s3)CCCC4)cc(C)cc2c1=O. The van der Waals surface area contributed by atoms with Gasteiger partial charge in [0.2, 0.25) is 0 Å². The van der Waals surface area contributed by atoms with E-state index in [1.165, 1.54) is 28.0 Å². The summed E-state index contributed by atoms with van der Waals surface area (Å²) in [6.07, 6.45) is 6.21. The van der Waals surface area contributed by atoms with Crippen LogP contribution in [-0.2, 0) is 24.3 Å². The molecule has 0 saturated heterocycles. The number of hydrogen-bond donors (Lipinski definition) is 0. The predicted octanol–water partition coefficient (Wildman–Crippen LogP) is 3.70. The van der Waals surface area contributed by atoms with Gasteiger partial charge in [-0.3, -0.25) is 9.36 Å². The standard InChI is InChI=1S/C19H21N3O2S/c1-3-24-11-22-10-20-17-13(8-12(2)9-14(17)19(22)23)18-21-15-6-4-5-7-16(15)25-18/h8-10H,3-7,11H2,1-2H3. The molecule has 2 heterocycles. The smallest absolute Gasteiger partial charge is 0.263 e. The van der Waals surface area contributed by atoms with Gasteiger partial charge < -0.3 is 4.74 Å². The summed E-state index contributed by atoms with van der Waals surface area (Å²) >= 11 is 1.75. The topological polar surface area (TPSA) is 57.0 Å². The Labute approximate surface area is 150 Å². The third-order valence-corrected chi connectivity index (χ3v) is 5.77. The molecule has 0 N–H and O–H groups in total. The van der Waals surface area contributed by atoms with Crippen molar-refractivity contribution in [1.82, 2.24) is 14.5 Å². The van der Waals surface area contributed by atoms with Gasteiger partial charge >= 0.3 is 0 Å². The first kappa shape index (κ1) is 16.4. The maximum absolute atomic E-state index is 12.8. The van der Waals surface area contributed by atoms with E-state index in [2.05, 4.69) is 11.1 Å². The number of hydrogen-bond acceptors (Lipinski definition) is 5. The lowest BCUT2D eigenvalue weighted by atomic mass is 10.0. The maximum atomic E-state index is 12.8. The van der Waals surface area contributed by atoms with Crippen molar-refractivity contribution in [2.45, 2.75) is 46.3 Å². The third-order valence-electron chi connectivity index (χ3n) is 4.58. The number of ether oxygens (including phenoxy) is 1. The van der Waals surface area contributed by atoms with Crippen LogP contribution in [0.25, 0.3) is 21.5 Å². The van der Waals surface area contributed by atoms with Crippen molar-refractivity contribution in [3.63, 3.8) is 0 Å². The molecule has 1 aliphatic carbocycles. The molecule has 0 amide bonds. The van der Waals surface area contributed by atoms with Crippen molar-refractivity contribution in [2.24, 2.45) is 0 Å². The highest BCUT2D eigenvalue weighted by atomic mass is 32.1. The Kier molecular flexibility index (Phi) is 4.39. The van der Waals surface area contributed by atoms with Crippen molar-refractivity contribution in [1.29, 1.82) is 0 Å². The Balaban J connectivity index is 1.88. The van der Waals surface area contributed by atoms with E-state index in [4.69, 9.17) is 9.72 Å². The molecule has 0 bridgehead atoms. The van der Waals surface area contributed by atoms with Gasteiger partial charge in [0.05, 0.1) is 16.6 Å². The lowest BCUT2D eigenvalue weighted by molar-refractivity contribution is 0.0850. The van der Waals surface area contributed by atoms with Gasteiger partial charge in [0, 0.05) is 17.0 Å². The van der Waals surface area contributed by atoms with Gasteiger partial charge in [-0.2, -0.15) is 0 Å². The minimum Gasteiger partial charge on any atom is -0.361 e. The highest BCUT2D eigenvalue weighted by Gasteiger charge is 2.19. The largest absolute Gasteiger partial charge is 0.361 e. The second-order valence-corrected chi connectivity index (χ2v) is 7.53. The van der Waals surface area contributed by atoms with Gasteiger partial charge in [-0.1, -0.05) is 0 Å². The lowest BCUT2D eigenvalue weighted by Crippen LogP contribution is -2.22. The normalized spacial score (nSPS) is 14.0. The Morgan fingerprint density at radius 3 is 2.92 bits per heavy atom. The maximum Gasteiger partial charge on any atom is 0.263 e. The van der Waals surface area contributed by atoms with E-state index in [0.717, 1.165) is 34.5 Å². The molecule has 1 aromatic carbocycles. The summed E-state index contributed by atoms with van der Waals surface area (Å²) in [4.78, 5) is 23.6. The van der Waals surface area contributed by atoms with E-state index in [1.54, 1.807) is 17.7 Å². The number of aromatic nitrogens is 3. The number of rotatable bonds is 4. The van der Waals surface area contributed by atoms with Crippen LogP contribution in [0.15, 0.2) is 23.3 Å². The summed E-state index contributed by atoms with van der Waals surface area (Å²) in [5.41, 5.74) is 3.91. The van der Waals surface area contributed by atoms with Crippen molar-refractivity contribution in [2.75, 3.05) is 6.61 Å². The van der Waals surface area contributed by atoms with Gasteiger partial charge in [0.1, 0.15) is 18.1 Å². The van der Waals surface area contributed by atoms with Crippen molar-refractivity contribution in [3.8, 4) is 10.6 Å². The van der Waals surface area contributed by atoms with Crippen LogP contribution in [0.3, 0.4) is 0 Å². The number of aryl methyl sites for hydroxylation is 3. The van der Waals surface area contributed by atoms with Crippen molar-refractivity contribution < 1.29 is 4.74 Å². The molecule has 25 heavy (non-hydrogen) atoms. The summed E-state index contributed by atoms with van der Waals surface area (Å²) in [5, 5.41) is 1.61. The second-order valence-electron chi connectivity index (χ2n) is 6.45. The van der Waals surface area contributed by atoms with Crippen LogP contribution in [0.1, 0.15) is 35.9 Å². The van der Waals surface area contributed by atoms with E-state index < -0.39 is 0 Å². The lowest BCUT2D eigenvalue weighted by Gasteiger charge is -2.09. The van der Waals surface area contributed by atoms with E-state index >= 15 is 0 Å². The third kappa shape index (κ3) is 3.00. The average molecular weight is 355 g/mol. The van der Waals surface area contributed by atoms with Crippen LogP contribution in [-0.4, -0.2) is 21.1 Å². The van der Waals surface area contributed by atoms with E-state index in [0.29, 0.717) is 12.0 Å². The fourth-order valence-electron chi connectivity index (χ4n) is 3.33. The van der Waals surface area contributed by atoms with Gasteiger partial charge in [-0.25, -0.2) is 9.97 Å². The average Bonchev–Trinajstić information content (AvgIpc) is 3.05. The molecule has 4 rings (SSSR count). The fraction of sp³-hybridized carbons (Fsp3) is 0.421. The molecule has 130 valence electrons. The van der Waals surface area contributed by atoms with Gasteiger partial charge in [-0.15, -0.1) is 11.3 Å². The summed E-state index contributed by atoms with van der Waals surface area (Å²) in [6.45, 7) is 4.71. The molecular weight excluding hydrogens is 334 g/mol. The highest BCUT2D eigenvalue weighted by Crippen LogP contribution is 2.35. The van der Waals surface area contributed by atoms with Crippen LogP contribution < -0.4 is 5.56 Å². The molecule has 2 aromatic heterocycles. The second kappa shape index (κ2) is 6.69. The first-order valence-corrected chi connectivity index (χ1v) is 9.55. The molecule has 0 fully saturated rings. The molecule has 0 radical (unpaired) electrons. The molecule has 0 atom stereocenters. The molecule has 0 spiro atoms. The van der Waals surface area contributed by atoms with Gasteiger partial charge in [-0.05, 0) is 57.2 Å². The zero-order valence-electron chi connectivity index (χ0n) is 14.5. The Morgan fingerprint density at radius 1 is 1.28 bits per heavy atom. The predicted molar refractivity (Wildman–Crippen MR) is 100 cm³/mol. The quantitative estimate of drug-likeness (QED) is 0.716. The summed E-state index contributed by atoms with van der Waals surface area (Å²) in [6, 6.07) is 4.00. The summed E-state index contributed by atoms with van der Waals surface area (Å²) < 4.78 is 6.88. The van der Waals surface area contributed by atoms with Crippen LogP contribution >= 0.6 is 11.3 Å². The monoisotopic (exact) mass is 355 g/mol. The minimum atomic E-state index is -0.0651. The van der Waals surface area contributed by atoms with Crippen LogP contribution in [0.2, 0.25) is 0 Å². The van der Waals surface area contributed by atoms with E-state index in [-0.39, 0.29) is 12.3 Å². The van der Waals surface area contributed by atoms with E-state index in [1.807, 2.05) is 19.9 Å². The van der Waals surface area contributed by atoms with E-state index in [9.17, 15) is 4.79 Å². The Morgan fingerprint density at radius 2 is 2.12 bits per heavy atom. The number of fused-ring (bicyclic) bond motifs is 2. The number of benzene rings is 1. The molecule has 5 nitrogen and oxygen atoms in total. The molecule has 0 unspecified atom stereocenters. The number of nitrogens with zero attached hydrogens (tertiary/aromatic N) is 3. The molecule has 0 aliphatic heterocycles. The summed E-state index contributed by atoms with van der Waals surface area (Å²) in [7, 11) is 0. The highest BCUT2D eigenvalue weighted by molar-refractivity contribution is 7.15. The molecule has 0 saturated carbocycles. The minimum absolute atomic E-state index is 0.0651. The van der Waals surface area contributed by atoms with Crippen molar-refractivity contribution >= 4 is 22.2 Å². The number of thiazole rings is 1. The first-order valence-electron chi connectivity index (χ1n) is 8.74. The van der Waals surface area contributed by atoms with Crippen LogP contribution in [0.5, 0.6) is 0 Å². The van der Waals surface area contributed by atoms with Crippen molar-refractivity contribution in [3.05, 3.63) is 44.9 Å². The Bertz CT molecular complexity index is 967. The fourth-order valence-corrected chi connectivity index (χ4v) is 4.49.